The molecule has 2 aliphatic rings. The molecule has 0 saturated heterocycles. The zero-order valence-corrected chi connectivity index (χ0v) is 21.0. The highest BCUT2D eigenvalue weighted by Gasteiger charge is 2.36. The van der Waals surface area contributed by atoms with E-state index in [-0.39, 0.29) is 41.3 Å². The highest BCUT2D eigenvalue weighted by Crippen LogP contribution is 2.32. The quantitative estimate of drug-likeness (QED) is 0.162. The van der Waals surface area contributed by atoms with E-state index in [1.807, 2.05) is 6.92 Å². The van der Waals surface area contributed by atoms with Crippen LogP contribution in [0.5, 0.6) is 5.75 Å². The van der Waals surface area contributed by atoms with Crippen LogP contribution in [0.15, 0.2) is 66.4 Å². The summed E-state index contributed by atoms with van der Waals surface area (Å²) < 4.78 is 5.90. The smallest absolute Gasteiger partial charge is 0.257 e. The van der Waals surface area contributed by atoms with Crippen LogP contribution in [-0.2, 0) is 4.79 Å². The molecule has 1 aromatic rings. The number of amidine groups is 1. The minimum Gasteiger partial charge on any atom is -0.487 e. The molecule has 1 saturated carbocycles. The number of hydrogen-bond acceptors (Lipinski definition) is 6. The number of nitrogens with one attached hydrogen (secondary N) is 5. The molecule has 9 nitrogen and oxygen atoms in total. The zero-order chi connectivity index (χ0) is 26.1. The summed E-state index contributed by atoms with van der Waals surface area (Å²) in [6.45, 7) is 5.30. The van der Waals surface area contributed by atoms with E-state index in [4.69, 9.17) is 21.7 Å². The number of aliphatic hydroxyl groups is 1. The molecular formula is C26H32ClN5O4. The first-order chi connectivity index (χ1) is 17.3. The molecule has 1 aromatic carbocycles. The third-order valence-corrected chi connectivity index (χ3v) is 6.29. The number of halogens is 1. The lowest BCUT2D eigenvalue weighted by Crippen LogP contribution is -2.59. The molecule has 10 heteroatoms. The molecule has 0 radical (unpaired) electrons. The largest absolute Gasteiger partial charge is 0.487 e. The summed E-state index contributed by atoms with van der Waals surface area (Å²) in [5.74, 6) is -0.450. The van der Waals surface area contributed by atoms with E-state index in [0.717, 1.165) is 12.8 Å². The van der Waals surface area contributed by atoms with Crippen LogP contribution in [0.4, 0.5) is 0 Å². The number of rotatable bonds is 10. The van der Waals surface area contributed by atoms with Crippen LogP contribution in [0, 0.1) is 5.41 Å². The third kappa shape index (κ3) is 6.77. The first-order valence-electron chi connectivity index (χ1n) is 11.7. The molecule has 0 bridgehead atoms. The Hall–Kier alpha value is -3.56. The summed E-state index contributed by atoms with van der Waals surface area (Å²) in [6, 6.07) is 4.89. The average Bonchev–Trinajstić information content (AvgIpc) is 3.31. The third-order valence-electron chi connectivity index (χ3n) is 5.97. The van der Waals surface area contributed by atoms with E-state index in [1.165, 1.54) is 6.08 Å². The van der Waals surface area contributed by atoms with Crippen molar-refractivity contribution < 1.29 is 19.4 Å². The Labute approximate surface area is 215 Å². The van der Waals surface area contributed by atoms with Crippen LogP contribution in [0.1, 0.15) is 43.0 Å². The lowest BCUT2D eigenvalue weighted by molar-refractivity contribution is -0.118. The predicted molar refractivity (Wildman–Crippen MR) is 140 cm³/mol. The van der Waals surface area contributed by atoms with Crippen molar-refractivity contribution in [1.29, 1.82) is 5.41 Å². The number of carbonyl (C=O) groups excluding carboxylic acids is 2. The minimum atomic E-state index is -0.749. The van der Waals surface area contributed by atoms with Gasteiger partial charge in [-0.15, -0.1) is 0 Å². The van der Waals surface area contributed by atoms with Gasteiger partial charge in [0.1, 0.15) is 18.2 Å². The van der Waals surface area contributed by atoms with Gasteiger partial charge in [0.05, 0.1) is 28.4 Å². The molecule has 0 aromatic heterocycles. The highest BCUT2D eigenvalue weighted by atomic mass is 35.5. The predicted octanol–water partition coefficient (Wildman–Crippen LogP) is 2.90. The molecule has 1 unspecified atom stereocenters. The normalized spacial score (nSPS) is 19.2. The van der Waals surface area contributed by atoms with Gasteiger partial charge in [-0.25, -0.2) is 0 Å². The molecule has 6 N–H and O–H groups in total. The number of aliphatic hydroxyl groups excluding tert-OH is 1. The maximum absolute atomic E-state index is 13.1. The van der Waals surface area contributed by atoms with Crippen LogP contribution < -0.4 is 26.0 Å². The van der Waals surface area contributed by atoms with E-state index in [2.05, 4.69) is 27.8 Å². The average molecular weight is 514 g/mol. The van der Waals surface area contributed by atoms with Crippen molar-refractivity contribution in [3.05, 3.63) is 77.0 Å². The Balaban J connectivity index is 1.69. The highest BCUT2D eigenvalue weighted by molar-refractivity contribution is 6.34. The van der Waals surface area contributed by atoms with Gasteiger partial charge in [-0.1, -0.05) is 61.4 Å². The first kappa shape index (κ1) is 27.0. The van der Waals surface area contributed by atoms with E-state index in [0.29, 0.717) is 24.1 Å². The molecule has 36 heavy (non-hydrogen) atoms. The molecule has 0 spiro atoms. The van der Waals surface area contributed by atoms with Crippen molar-refractivity contribution in [2.75, 3.05) is 13.2 Å². The van der Waals surface area contributed by atoms with Crippen LogP contribution in [0.2, 0.25) is 5.02 Å². The lowest BCUT2D eigenvalue weighted by atomic mass is 9.98. The summed E-state index contributed by atoms with van der Waals surface area (Å²) in [7, 11) is 0. The van der Waals surface area contributed by atoms with Gasteiger partial charge in [0.2, 0.25) is 5.91 Å². The summed E-state index contributed by atoms with van der Waals surface area (Å²) in [5.41, 5.74) is 0.544. The fourth-order valence-electron chi connectivity index (χ4n) is 4.20. The van der Waals surface area contributed by atoms with Crippen LogP contribution >= 0.6 is 11.6 Å². The summed E-state index contributed by atoms with van der Waals surface area (Å²) in [6.07, 6.45) is 10.7. The zero-order valence-electron chi connectivity index (χ0n) is 20.2. The van der Waals surface area contributed by atoms with Crippen molar-refractivity contribution in [1.82, 2.24) is 21.3 Å². The van der Waals surface area contributed by atoms with Crippen molar-refractivity contribution in [3.8, 4) is 5.75 Å². The summed E-state index contributed by atoms with van der Waals surface area (Å²) in [5, 5.41) is 30.0. The molecule has 1 heterocycles. The number of benzene rings is 1. The molecule has 1 aliphatic heterocycles. The number of ether oxygens (including phenoxy) is 1. The molecule has 1 fully saturated rings. The first-order valence-corrected chi connectivity index (χ1v) is 12.1. The second-order valence-corrected chi connectivity index (χ2v) is 9.04. The molecule has 2 amide bonds. The van der Waals surface area contributed by atoms with Crippen LogP contribution in [0.3, 0.4) is 0 Å². The fraction of sp³-hybridized carbons (Fsp3) is 0.346. The Morgan fingerprint density at radius 3 is 2.78 bits per heavy atom. The van der Waals surface area contributed by atoms with Gasteiger partial charge in [0.15, 0.2) is 6.29 Å². The Morgan fingerprint density at radius 2 is 2.11 bits per heavy atom. The number of amides is 2. The Bertz CT molecular complexity index is 1110. The van der Waals surface area contributed by atoms with Gasteiger partial charge in [-0.2, -0.15) is 0 Å². The maximum Gasteiger partial charge on any atom is 0.257 e. The standard InChI is InChI=1S/C26H32ClN5O4/c1-3-8-17(9-4-2)23(28)31-25-29-18(14-21(34)30-25)15-36-20-11-7-10-19(27)22(20)24(35)32-26(16-33)12-5-6-13-26/h3-4,7-11,14,25,29,33H,1,5-6,12-13,15-16H2,2H3,(H2,28,31)(H,30,34)(H,32,35)/b9-4-,17-8+. The topological polar surface area (TPSA) is 136 Å². The van der Waals surface area contributed by atoms with Gasteiger partial charge in [-0.05, 0) is 31.9 Å². The second-order valence-electron chi connectivity index (χ2n) is 8.63. The summed E-state index contributed by atoms with van der Waals surface area (Å²) >= 11 is 6.36. The van der Waals surface area contributed by atoms with Gasteiger partial charge < -0.3 is 31.1 Å². The molecular weight excluding hydrogens is 482 g/mol. The number of allylic oxidation sites excluding steroid dienone is 3. The van der Waals surface area contributed by atoms with Crippen LogP contribution in [-0.4, -0.2) is 47.8 Å². The van der Waals surface area contributed by atoms with E-state index < -0.39 is 17.7 Å². The molecule has 3 rings (SSSR count). The molecule has 1 aliphatic carbocycles. The Kier molecular flexibility index (Phi) is 9.32. The maximum atomic E-state index is 13.1. The SMILES string of the molecule is C=C/C=C(\C=C/C)C(=N)NC1NC(=O)C=C(COc2cccc(Cl)c2C(=O)NC2(CO)CCCC2)N1. The van der Waals surface area contributed by atoms with Gasteiger partial charge in [-0.3, -0.25) is 15.0 Å². The minimum absolute atomic E-state index is 0.0467. The van der Waals surface area contributed by atoms with Gasteiger partial charge >= 0.3 is 0 Å². The van der Waals surface area contributed by atoms with Crippen LogP contribution in [0.25, 0.3) is 0 Å². The summed E-state index contributed by atoms with van der Waals surface area (Å²) in [4.78, 5) is 25.4. The van der Waals surface area contributed by atoms with E-state index in [9.17, 15) is 14.7 Å². The van der Waals surface area contributed by atoms with Crippen molar-refractivity contribution in [2.45, 2.75) is 44.4 Å². The van der Waals surface area contributed by atoms with E-state index >= 15 is 0 Å². The fourth-order valence-corrected chi connectivity index (χ4v) is 4.45. The van der Waals surface area contributed by atoms with Gasteiger partial charge in [0, 0.05) is 11.6 Å². The van der Waals surface area contributed by atoms with Crippen molar-refractivity contribution in [2.24, 2.45) is 0 Å². The molecule has 1 atom stereocenters. The Morgan fingerprint density at radius 1 is 1.36 bits per heavy atom. The van der Waals surface area contributed by atoms with Gasteiger partial charge in [0.25, 0.3) is 5.91 Å². The monoisotopic (exact) mass is 513 g/mol. The number of carbonyl (C=O) groups is 2. The lowest BCUT2D eigenvalue weighted by Gasteiger charge is -2.29. The van der Waals surface area contributed by atoms with E-state index in [1.54, 1.807) is 42.5 Å². The number of hydrogen-bond donors (Lipinski definition) is 6. The second kappa shape index (κ2) is 12.4. The van der Waals surface area contributed by atoms with Crippen molar-refractivity contribution >= 4 is 29.3 Å². The van der Waals surface area contributed by atoms with Crippen molar-refractivity contribution in [3.63, 3.8) is 0 Å². The molecule has 192 valence electrons.